The number of urea groups is 1. The van der Waals surface area contributed by atoms with Crippen LogP contribution in [0.3, 0.4) is 0 Å². The van der Waals surface area contributed by atoms with Crippen molar-refractivity contribution in [2.75, 3.05) is 6.54 Å². The second-order valence-electron chi connectivity index (χ2n) is 15.8. The number of esters is 1. The average Bonchev–Trinajstić information content (AvgIpc) is 3.46. The number of nitrogens with two attached hydrogens (primary N) is 1. The first-order valence-electron chi connectivity index (χ1n) is 17.9. The van der Waals surface area contributed by atoms with Gasteiger partial charge in [-0.3, -0.25) is 19.2 Å². The number of nitrogens with one attached hydrogen (secondary N) is 3. The largest absolute Gasteiger partial charge is 0.458 e. The number of hydrogen-bond acceptors (Lipinski definition) is 7. The first-order chi connectivity index (χ1) is 22.1. The summed E-state index contributed by atoms with van der Waals surface area (Å²) >= 11 is 0. The van der Waals surface area contributed by atoms with Gasteiger partial charge in [0.05, 0.1) is 6.04 Å². The number of ether oxygens (including phenoxy) is 1. The van der Waals surface area contributed by atoms with E-state index in [1.165, 1.54) is 0 Å². The zero-order valence-corrected chi connectivity index (χ0v) is 29.0. The molecule has 3 saturated carbocycles. The molecule has 1 heterocycles. The molecular weight excluding hydrogens is 602 g/mol. The van der Waals surface area contributed by atoms with Gasteiger partial charge in [0.15, 0.2) is 0 Å². The zero-order chi connectivity index (χ0) is 34.5. The predicted octanol–water partition coefficient (Wildman–Crippen LogP) is 3.35. The third-order valence-electron chi connectivity index (χ3n) is 10.5. The van der Waals surface area contributed by atoms with Crippen molar-refractivity contribution in [3.05, 3.63) is 0 Å². The van der Waals surface area contributed by atoms with Crippen LogP contribution in [0.15, 0.2) is 0 Å². The van der Waals surface area contributed by atoms with E-state index >= 15 is 0 Å². The molecule has 47 heavy (non-hydrogen) atoms. The van der Waals surface area contributed by atoms with Gasteiger partial charge in [0.1, 0.15) is 23.7 Å². The lowest BCUT2D eigenvalue weighted by atomic mass is 9.83. The van der Waals surface area contributed by atoms with Gasteiger partial charge in [-0.2, -0.15) is 0 Å². The zero-order valence-electron chi connectivity index (χ0n) is 29.0. The molecule has 4 fully saturated rings. The SMILES string of the molecule is CC(C)[C@@H]1C[C@@H](C(=O)NC(CC2CC2)C(=O)C(N)=O)N(C(=O)[C@@H](NC(=O)N[C@H](C(=O)OC(C)(C)C)C2CCCC2)C2CCCCC2)C1. The fraction of sp³-hybridized carbons (Fsp3) is 0.829. The van der Waals surface area contributed by atoms with Gasteiger partial charge in [-0.05, 0) is 88.9 Å². The molecule has 1 aliphatic heterocycles. The summed E-state index contributed by atoms with van der Waals surface area (Å²) in [4.78, 5) is 81.2. The summed E-state index contributed by atoms with van der Waals surface area (Å²) in [6.45, 7) is 9.80. The number of carbonyl (C=O) groups is 6. The molecule has 1 saturated heterocycles. The first kappa shape index (κ1) is 36.7. The van der Waals surface area contributed by atoms with Crippen molar-refractivity contribution in [3.8, 4) is 0 Å². The maximum absolute atomic E-state index is 14.5. The number of rotatable bonds is 13. The van der Waals surface area contributed by atoms with Crippen LogP contribution < -0.4 is 21.7 Å². The van der Waals surface area contributed by atoms with Crippen molar-refractivity contribution in [3.63, 3.8) is 0 Å². The standard InChI is InChI=1S/C35H57N5O7/c1-20(2)24-18-26(31(43)37-25(17-21-15-16-21)29(41)30(36)42)40(19-24)32(44)27(22-11-7-6-8-12-22)38-34(46)39-28(23-13-9-10-14-23)33(45)47-35(3,4)5/h20-28H,6-19H2,1-5H3,(H2,36,42)(H,37,43)(H2,38,39,46)/t24-,25?,26+,27+,28+/m1/s1. The van der Waals surface area contributed by atoms with E-state index in [4.69, 9.17) is 10.5 Å². The highest BCUT2D eigenvalue weighted by molar-refractivity contribution is 6.37. The Kier molecular flexibility index (Phi) is 12.3. The average molecular weight is 660 g/mol. The van der Waals surface area contributed by atoms with Crippen LogP contribution in [0, 0.1) is 29.6 Å². The van der Waals surface area contributed by atoms with Gasteiger partial charge in [-0.1, -0.05) is 58.8 Å². The summed E-state index contributed by atoms with van der Waals surface area (Å²) in [6, 6.07) is -4.22. The molecule has 5 N–H and O–H groups in total. The van der Waals surface area contributed by atoms with Crippen LogP contribution in [-0.4, -0.2) is 76.7 Å². The predicted molar refractivity (Wildman–Crippen MR) is 176 cm³/mol. The molecule has 5 amide bonds. The maximum atomic E-state index is 14.5. The van der Waals surface area contributed by atoms with Gasteiger partial charge in [-0.15, -0.1) is 0 Å². The number of Topliss-reactive ketones (excluding diaryl/α,β-unsaturated/α-hetero) is 1. The van der Waals surface area contributed by atoms with E-state index in [9.17, 15) is 28.8 Å². The Morgan fingerprint density at radius 3 is 1.87 bits per heavy atom. The summed E-state index contributed by atoms with van der Waals surface area (Å²) in [5.41, 5.74) is 4.59. The van der Waals surface area contributed by atoms with E-state index in [1.807, 2.05) is 13.8 Å². The quantitative estimate of drug-likeness (QED) is 0.173. The molecule has 4 rings (SSSR count). The van der Waals surface area contributed by atoms with Crippen LogP contribution in [0.4, 0.5) is 4.79 Å². The monoisotopic (exact) mass is 659 g/mol. The first-order valence-corrected chi connectivity index (χ1v) is 17.9. The van der Waals surface area contributed by atoms with E-state index < -0.39 is 59.4 Å². The van der Waals surface area contributed by atoms with Gasteiger partial charge >= 0.3 is 12.0 Å². The van der Waals surface area contributed by atoms with E-state index in [2.05, 4.69) is 16.0 Å². The second-order valence-corrected chi connectivity index (χ2v) is 15.8. The summed E-state index contributed by atoms with van der Waals surface area (Å²) < 4.78 is 5.67. The maximum Gasteiger partial charge on any atom is 0.329 e. The minimum Gasteiger partial charge on any atom is -0.458 e. The number of amides is 5. The Balaban J connectivity index is 1.55. The molecule has 0 aromatic rings. The molecule has 3 aliphatic carbocycles. The fourth-order valence-electron chi connectivity index (χ4n) is 7.58. The molecule has 264 valence electrons. The minimum atomic E-state index is -1.09. The van der Waals surface area contributed by atoms with Crippen molar-refractivity contribution in [1.29, 1.82) is 0 Å². The van der Waals surface area contributed by atoms with Crippen LogP contribution in [0.2, 0.25) is 0 Å². The molecule has 0 spiro atoms. The van der Waals surface area contributed by atoms with Crippen LogP contribution >= 0.6 is 0 Å². The lowest BCUT2D eigenvalue weighted by Gasteiger charge is -2.35. The molecule has 0 bridgehead atoms. The molecule has 0 radical (unpaired) electrons. The number of carbonyl (C=O) groups excluding carboxylic acids is 6. The lowest BCUT2D eigenvalue weighted by Crippen LogP contribution is -2.60. The molecule has 4 aliphatic rings. The smallest absolute Gasteiger partial charge is 0.329 e. The van der Waals surface area contributed by atoms with E-state index in [-0.39, 0.29) is 35.5 Å². The van der Waals surface area contributed by atoms with E-state index in [0.29, 0.717) is 19.4 Å². The van der Waals surface area contributed by atoms with Crippen LogP contribution in [0.5, 0.6) is 0 Å². The van der Waals surface area contributed by atoms with Gasteiger partial charge in [0.2, 0.25) is 17.6 Å². The highest BCUT2D eigenvalue weighted by Crippen LogP contribution is 2.35. The third-order valence-corrected chi connectivity index (χ3v) is 10.5. The third kappa shape index (κ3) is 10.2. The van der Waals surface area contributed by atoms with Gasteiger partial charge in [0, 0.05) is 6.54 Å². The van der Waals surface area contributed by atoms with Crippen LogP contribution in [-0.2, 0) is 28.7 Å². The number of ketones is 1. The topological polar surface area (TPSA) is 177 Å². The number of likely N-dealkylation sites (tertiary alicyclic amines) is 1. The molecule has 1 unspecified atom stereocenters. The Morgan fingerprint density at radius 1 is 0.787 bits per heavy atom. The molecular formula is C35H57N5O7. The molecule has 0 aromatic heterocycles. The van der Waals surface area contributed by atoms with Crippen molar-refractivity contribution < 1.29 is 33.5 Å². The Morgan fingerprint density at radius 2 is 1.34 bits per heavy atom. The van der Waals surface area contributed by atoms with Crippen LogP contribution in [0.25, 0.3) is 0 Å². The Labute approximate surface area is 279 Å². The van der Waals surface area contributed by atoms with Gasteiger partial charge in [0.25, 0.3) is 5.91 Å². The second kappa shape index (κ2) is 15.8. The highest BCUT2D eigenvalue weighted by Gasteiger charge is 2.46. The van der Waals surface area contributed by atoms with E-state index in [1.54, 1.807) is 25.7 Å². The fourth-order valence-corrected chi connectivity index (χ4v) is 7.58. The number of hydrogen-bond donors (Lipinski definition) is 4. The minimum absolute atomic E-state index is 0.0307. The van der Waals surface area contributed by atoms with Crippen molar-refractivity contribution in [1.82, 2.24) is 20.9 Å². The Bertz CT molecular complexity index is 1170. The summed E-state index contributed by atoms with van der Waals surface area (Å²) in [6.07, 6.45) is 10.6. The van der Waals surface area contributed by atoms with Crippen LogP contribution in [0.1, 0.15) is 118 Å². The van der Waals surface area contributed by atoms with Gasteiger partial charge in [-0.25, -0.2) is 9.59 Å². The molecule has 5 atom stereocenters. The lowest BCUT2D eigenvalue weighted by molar-refractivity contribution is -0.158. The Hall–Kier alpha value is -3.18. The normalized spacial score (nSPS) is 24.3. The van der Waals surface area contributed by atoms with Crippen molar-refractivity contribution in [2.45, 2.75) is 148 Å². The van der Waals surface area contributed by atoms with E-state index in [0.717, 1.165) is 70.6 Å². The number of nitrogens with zero attached hydrogens (tertiary/aromatic N) is 1. The molecule has 12 nitrogen and oxygen atoms in total. The van der Waals surface area contributed by atoms with Crippen molar-refractivity contribution >= 4 is 35.5 Å². The summed E-state index contributed by atoms with van der Waals surface area (Å²) in [5, 5.41) is 8.59. The summed E-state index contributed by atoms with van der Waals surface area (Å²) in [5.74, 6) is -2.95. The van der Waals surface area contributed by atoms with Gasteiger partial charge < -0.3 is 31.3 Å². The highest BCUT2D eigenvalue weighted by atomic mass is 16.6. The van der Waals surface area contributed by atoms with Crippen molar-refractivity contribution in [2.24, 2.45) is 35.3 Å². The summed E-state index contributed by atoms with van der Waals surface area (Å²) in [7, 11) is 0. The molecule has 0 aromatic carbocycles. The molecule has 12 heteroatoms. The number of primary amides is 1.